The van der Waals surface area contributed by atoms with E-state index in [4.69, 9.17) is 0 Å². The van der Waals surface area contributed by atoms with Crippen LogP contribution in [-0.4, -0.2) is 17.3 Å². The largest absolute Gasteiger partial charge is 1.00 e. The van der Waals surface area contributed by atoms with E-state index in [1.807, 2.05) is 0 Å². The van der Waals surface area contributed by atoms with E-state index < -0.39 is 11.3 Å². The third-order valence-corrected chi connectivity index (χ3v) is 1.18. The van der Waals surface area contributed by atoms with E-state index in [1.54, 1.807) is 6.92 Å². The molecule has 1 N–H and O–H groups in total. The fourth-order valence-electron chi connectivity index (χ4n) is 0.313. The average molecular weight is 270 g/mol. The van der Waals surface area contributed by atoms with E-state index >= 15 is 0 Å². The molecule has 0 aromatic heterocycles. The van der Waals surface area contributed by atoms with Crippen molar-refractivity contribution in [2.45, 2.75) is 18.7 Å². The predicted molar refractivity (Wildman–Crippen MR) is 36.2 cm³/mol. The molecule has 0 saturated heterocycles. The minimum absolute atomic E-state index is 0. The number of rotatable bonds is 3. The summed E-state index contributed by atoms with van der Waals surface area (Å²) in [5.74, 6) is -1.76. The molecule has 0 fully saturated rings. The second-order valence-electron chi connectivity index (χ2n) is 1.64. The molecule has 0 saturated carbocycles. The molecule has 11 heavy (non-hydrogen) atoms. The Kier molecular flexibility index (Phi) is 8.32. The topological polar surface area (TPSA) is 69.2 Å². The molecule has 1 atom stereocenters. The molecule has 6 heteroatoms. The van der Waals surface area contributed by atoms with Crippen LogP contribution in [0.15, 0.2) is 0 Å². The first-order chi connectivity index (χ1) is 4.57. The number of thiol groups is 1. The maximum absolute atomic E-state index is 10.5. The summed E-state index contributed by atoms with van der Waals surface area (Å²) in [5, 5.41) is 10.8. The molecule has 0 bridgehead atoms. The Morgan fingerprint density at radius 1 is 1.64 bits per heavy atom. The van der Waals surface area contributed by atoms with E-state index in [0.29, 0.717) is 0 Å². The van der Waals surface area contributed by atoms with Crippen molar-refractivity contribution in [1.82, 2.24) is 5.32 Å². The minimum Gasteiger partial charge on any atom is -0.547 e. The predicted octanol–water partition coefficient (Wildman–Crippen LogP) is -1.48. The van der Waals surface area contributed by atoms with Crippen molar-refractivity contribution in [3.63, 3.8) is 0 Å². The number of carbonyl (C=O) groups is 2. The first kappa shape index (κ1) is 13.6. The molecule has 0 spiro atoms. The number of aliphatic carboxylic acids is 1. The second kappa shape index (κ2) is 6.72. The average Bonchev–Trinajstić information content (AvgIpc) is 1.87. The Morgan fingerprint density at radius 3 is 2.36 bits per heavy atom. The van der Waals surface area contributed by atoms with Crippen molar-refractivity contribution in [1.29, 1.82) is 0 Å². The molecular weight excluding hydrogens is 262 g/mol. The van der Waals surface area contributed by atoms with Crippen LogP contribution in [0, 0.1) is 0 Å². The standard InChI is InChI=1S/C5H9NO3S.Ag/c1-2-3(7)6-4(10)5(8)9;/h4,10H,2H2,1H3,(H,6,7)(H,8,9);/q;+1/p-1/t4-;/m0./s1. The summed E-state index contributed by atoms with van der Waals surface area (Å²) in [6, 6.07) is 0. The molecule has 0 aliphatic heterocycles. The normalized spacial score (nSPS) is 11.1. The number of hydrogen-bond acceptors (Lipinski definition) is 4. The quantitative estimate of drug-likeness (QED) is 0.373. The zero-order valence-electron chi connectivity index (χ0n) is 5.76. The van der Waals surface area contributed by atoms with Gasteiger partial charge in [-0.25, -0.2) is 0 Å². The van der Waals surface area contributed by atoms with E-state index in [2.05, 4.69) is 17.9 Å². The van der Waals surface area contributed by atoms with E-state index in [0.717, 1.165) is 0 Å². The maximum Gasteiger partial charge on any atom is 1.00 e. The van der Waals surface area contributed by atoms with Crippen LogP contribution >= 0.6 is 12.6 Å². The Bertz CT molecular complexity index is 153. The van der Waals surface area contributed by atoms with Crippen molar-refractivity contribution in [3.8, 4) is 0 Å². The van der Waals surface area contributed by atoms with Gasteiger partial charge in [-0.15, -0.1) is 12.6 Å². The zero-order chi connectivity index (χ0) is 8.15. The van der Waals surface area contributed by atoms with Gasteiger partial charge >= 0.3 is 22.4 Å². The molecular formula is C5H8AgNO3S. The van der Waals surface area contributed by atoms with Gasteiger partial charge < -0.3 is 15.2 Å². The molecule has 0 aromatic rings. The maximum atomic E-state index is 10.5. The van der Waals surface area contributed by atoms with Gasteiger partial charge in [-0.1, -0.05) is 6.92 Å². The van der Waals surface area contributed by atoms with Crippen LogP contribution in [0.4, 0.5) is 0 Å². The molecule has 0 rings (SSSR count). The van der Waals surface area contributed by atoms with Crippen LogP contribution in [0.3, 0.4) is 0 Å². The van der Waals surface area contributed by atoms with Gasteiger partial charge in [0, 0.05) is 6.42 Å². The SMILES string of the molecule is CCC(=O)N[C@@H](S)C(=O)[O-].[Ag+]. The summed E-state index contributed by atoms with van der Waals surface area (Å²) < 4.78 is 0. The molecule has 0 unspecified atom stereocenters. The van der Waals surface area contributed by atoms with Crippen molar-refractivity contribution in [2.75, 3.05) is 0 Å². The van der Waals surface area contributed by atoms with E-state index in [-0.39, 0.29) is 34.7 Å². The molecule has 0 heterocycles. The van der Waals surface area contributed by atoms with Crippen molar-refractivity contribution < 1.29 is 37.1 Å². The first-order valence-corrected chi connectivity index (χ1v) is 3.27. The number of hydrogen-bond donors (Lipinski definition) is 2. The zero-order valence-corrected chi connectivity index (χ0v) is 8.13. The fraction of sp³-hybridized carbons (Fsp3) is 0.600. The monoisotopic (exact) mass is 269 g/mol. The van der Waals surface area contributed by atoms with Gasteiger partial charge in [0.1, 0.15) is 5.37 Å². The van der Waals surface area contributed by atoms with Crippen molar-refractivity contribution in [2.24, 2.45) is 0 Å². The van der Waals surface area contributed by atoms with Gasteiger partial charge in [0.15, 0.2) is 0 Å². The van der Waals surface area contributed by atoms with Crippen molar-refractivity contribution in [3.05, 3.63) is 0 Å². The Labute approximate surface area is 85.7 Å². The fourth-order valence-corrected chi connectivity index (χ4v) is 0.457. The van der Waals surface area contributed by atoms with Crippen LogP contribution in [0.2, 0.25) is 0 Å². The minimum atomic E-state index is -1.40. The van der Waals surface area contributed by atoms with Gasteiger partial charge in [0.2, 0.25) is 5.91 Å². The van der Waals surface area contributed by atoms with Gasteiger partial charge in [-0.3, -0.25) is 4.79 Å². The Morgan fingerprint density at radius 2 is 2.09 bits per heavy atom. The Hall–Kier alpha value is 0.0303. The number of nitrogens with one attached hydrogen (secondary N) is 1. The van der Waals surface area contributed by atoms with Crippen LogP contribution < -0.4 is 10.4 Å². The van der Waals surface area contributed by atoms with Crippen LogP contribution in [0.1, 0.15) is 13.3 Å². The summed E-state index contributed by atoms with van der Waals surface area (Å²) in [5.41, 5.74) is 0. The van der Waals surface area contributed by atoms with Crippen LogP contribution in [-0.2, 0) is 32.0 Å². The smallest absolute Gasteiger partial charge is 0.547 e. The molecule has 0 aromatic carbocycles. The molecule has 4 nitrogen and oxygen atoms in total. The summed E-state index contributed by atoms with van der Waals surface area (Å²) >= 11 is 3.52. The summed E-state index contributed by atoms with van der Waals surface area (Å²) in [6.07, 6.45) is 0.240. The third kappa shape index (κ3) is 6.43. The Balaban J connectivity index is 0. The second-order valence-corrected chi connectivity index (χ2v) is 2.16. The first-order valence-electron chi connectivity index (χ1n) is 2.76. The van der Waals surface area contributed by atoms with Gasteiger partial charge in [-0.05, 0) is 0 Å². The molecule has 0 radical (unpaired) electrons. The van der Waals surface area contributed by atoms with Gasteiger partial charge in [0.05, 0.1) is 5.97 Å². The number of carbonyl (C=O) groups excluding carboxylic acids is 2. The van der Waals surface area contributed by atoms with Gasteiger partial charge in [0.25, 0.3) is 0 Å². The molecule has 1 amide bonds. The summed E-state index contributed by atoms with van der Waals surface area (Å²) in [7, 11) is 0. The van der Waals surface area contributed by atoms with Crippen LogP contribution in [0.25, 0.3) is 0 Å². The van der Waals surface area contributed by atoms with Crippen LogP contribution in [0.5, 0.6) is 0 Å². The van der Waals surface area contributed by atoms with Crippen molar-refractivity contribution >= 4 is 24.5 Å². The molecule has 0 aliphatic carbocycles. The number of carboxylic acid groups (broad SMARTS) is 1. The molecule has 68 valence electrons. The number of carboxylic acids is 1. The number of amides is 1. The van der Waals surface area contributed by atoms with E-state index in [9.17, 15) is 14.7 Å². The summed E-state index contributed by atoms with van der Waals surface area (Å²) in [6.45, 7) is 1.62. The third-order valence-electron chi connectivity index (χ3n) is 0.842. The summed E-state index contributed by atoms with van der Waals surface area (Å²) in [4.78, 5) is 20.4. The van der Waals surface area contributed by atoms with E-state index in [1.165, 1.54) is 0 Å². The van der Waals surface area contributed by atoms with Gasteiger partial charge in [-0.2, -0.15) is 0 Å². The molecule has 0 aliphatic rings.